The molecule has 2 heterocycles. The maximum Gasteiger partial charge on any atom is 0.227 e. The maximum absolute atomic E-state index is 12.0. The topological polar surface area (TPSA) is 45.2 Å². The molecule has 0 bridgehead atoms. The van der Waals surface area contributed by atoms with Crippen LogP contribution in [0.15, 0.2) is 48.5 Å². The van der Waals surface area contributed by atoms with E-state index in [0.717, 1.165) is 51.4 Å². The Balaban J connectivity index is 1.30. The summed E-state index contributed by atoms with van der Waals surface area (Å²) in [6.07, 6.45) is 1.53. The van der Waals surface area contributed by atoms with Crippen molar-refractivity contribution in [3.05, 3.63) is 48.5 Å². The number of amides is 1. The molecule has 0 radical (unpaired) electrons. The van der Waals surface area contributed by atoms with Crippen LogP contribution in [0.5, 0.6) is 11.5 Å². The van der Waals surface area contributed by atoms with Crippen LogP contribution in [0.1, 0.15) is 12.8 Å². The van der Waals surface area contributed by atoms with E-state index < -0.39 is 0 Å². The Hall–Kier alpha value is -2.73. The second-order valence-corrected chi connectivity index (χ2v) is 7.50. The molecule has 6 nitrogen and oxygen atoms in total. The van der Waals surface area contributed by atoms with Crippen molar-refractivity contribution in [2.75, 3.05) is 62.8 Å². The Kier molecular flexibility index (Phi) is 6.20. The van der Waals surface area contributed by atoms with Crippen LogP contribution in [0.3, 0.4) is 0 Å². The third-order valence-electron chi connectivity index (χ3n) is 5.69. The third kappa shape index (κ3) is 4.65. The highest BCUT2D eigenvalue weighted by molar-refractivity contribution is 5.95. The predicted molar refractivity (Wildman–Crippen MR) is 115 cm³/mol. The largest absolute Gasteiger partial charge is 0.493 e. The zero-order chi connectivity index (χ0) is 20.1. The van der Waals surface area contributed by atoms with Crippen molar-refractivity contribution in [1.82, 2.24) is 4.90 Å². The van der Waals surface area contributed by atoms with Gasteiger partial charge in [-0.05, 0) is 30.7 Å². The third-order valence-corrected chi connectivity index (χ3v) is 5.69. The van der Waals surface area contributed by atoms with Crippen molar-refractivity contribution >= 4 is 17.3 Å². The number of hydrogen-bond donors (Lipinski definition) is 0. The van der Waals surface area contributed by atoms with Gasteiger partial charge in [0.05, 0.1) is 7.11 Å². The van der Waals surface area contributed by atoms with E-state index >= 15 is 0 Å². The molecule has 0 saturated carbocycles. The SMILES string of the molecule is COc1ccc(N2CCCC2=O)cc1OCCN1CCN(c2ccccc2)CC1. The van der Waals surface area contributed by atoms with E-state index in [1.807, 2.05) is 23.1 Å². The molecule has 0 N–H and O–H groups in total. The van der Waals surface area contributed by atoms with Gasteiger partial charge in [-0.2, -0.15) is 0 Å². The Morgan fingerprint density at radius 2 is 1.69 bits per heavy atom. The molecule has 0 aromatic heterocycles. The van der Waals surface area contributed by atoms with Crippen molar-refractivity contribution in [2.24, 2.45) is 0 Å². The van der Waals surface area contributed by atoms with E-state index in [9.17, 15) is 4.79 Å². The minimum Gasteiger partial charge on any atom is -0.493 e. The summed E-state index contributed by atoms with van der Waals surface area (Å²) in [5.74, 6) is 1.58. The lowest BCUT2D eigenvalue weighted by Crippen LogP contribution is -2.47. The summed E-state index contributed by atoms with van der Waals surface area (Å²) < 4.78 is 11.5. The molecule has 2 saturated heterocycles. The summed E-state index contributed by atoms with van der Waals surface area (Å²) in [4.78, 5) is 18.7. The van der Waals surface area contributed by atoms with E-state index in [4.69, 9.17) is 9.47 Å². The highest BCUT2D eigenvalue weighted by Gasteiger charge is 2.23. The van der Waals surface area contributed by atoms with Gasteiger partial charge >= 0.3 is 0 Å². The first-order valence-electron chi connectivity index (χ1n) is 10.4. The van der Waals surface area contributed by atoms with Crippen LogP contribution in [0.2, 0.25) is 0 Å². The van der Waals surface area contributed by atoms with Gasteiger partial charge in [-0.15, -0.1) is 0 Å². The quantitative estimate of drug-likeness (QED) is 0.721. The Morgan fingerprint density at radius 3 is 2.38 bits per heavy atom. The zero-order valence-electron chi connectivity index (χ0n) is 17.0. The second-order valence-electron chi connectivity index (χ2n) is 7.50. The van der Waals surface area contributed by atoms with E-state index in [1.165, 1.54) is 5.69 Å². The molecule has 0 spiro atoms. The van der Waals surface area contributed by atoms with Gasteiger partial charge in [0.2, 0.25) is 5.91 Å². The van der Waals surface area contributed by atoms with Gasteiger partial charge in [-0.3, -0.25) is 9.69 Å². The summed E-state index contributed by atoms with van der Waals surface area (Å²) in [5, 5.41) is 0. The van der Waals surface area contributed by atoms with Gasteiger partial charge in [-0.25, -0.2) is 0 Å². The van der Waals surface area contributed by atoms with E-state index in [0.29, 0.717) is 24.5 Å². The fourth-order valence-electron chi connectivity index (χ4n) is 4.02. The molecule has 0 atom stereocenters. The number of methoxy groups -OCH3 is 1. The monoisotopic (exact) mass is 395 g/mol. The van der Waals surface area contributed by atoms with Crippen molar-refractivity contribution < 1.29 is 14.3 Å². The van der Waals surface area contributed by atoms with Crippen molar-refractivity contribution in [2.45, 2.75) is 12.8 Å². The molecule has 29 heavy (non-hydrogen) atoms. The van der Waals surface area contributed by atoms with Crippen LogP contribution in [0, 0.1) is 0 Å². The molecular formula is C23H29N3O3. The molecule has 0 unspecified atom stereocenters. The normalized spacial score (nSPS) is 17.6. The zero-order valence-corrected chi connectivity index (χ0v) is 17.0. The lowest BCUT2D eigenvalue weighted by molar-refractivity contribution is -0.117. The van der Waals surface area contributed by atoms with Crippen LogP contribution in [0.25, 0.3) is 0 Å². The molecular weight excluding hydrogens is 366 g/mol. The first kappa shape index (κ1) is 19.6. The summed E-state index contributed by atoms with van der Waals surface area (Å²) in [5.41, 5.74) is 2.18. The summed E-state index contributed by atoms with van der Waals surface area (Å²) in [6.45, 7) is 6.35. The Morgan fingerprint density at radius 1 is 0.897 bits per heavy atom. The molecule has 2 aromatic rings. The number of rotatable bonds is 7. The van der Waals surface area contributed by atoms with E-state index in [-0.39, 0.29) is 5.91 Å². The Bertz CT molecular complexity index is 819. The number of para-hydroxylation sites is 1. The van der Waals surface area contributed by atoms with E-state index in [2.05, 4.69) is 40.1 Å². The fraction of sp³-hybridized carbons (Fsp3) is 0.435. The smallest absolute Gasteiger partial charge is 0.227 e. The predicted octanol–water partition coefficient (Wildman–Crippen LogP) is 3.02. The first-order valence-corrected chi connectivity index (χ1v) is 10.4. The van der Waals surface area contributed by atoms with Gasteiger partial charge in [0.15, 0.2) is 11.5 Å². The number of hydrogen-bond acceptors (Lipinski definition) is 5. The number of nitrogens with zero attached hydrogens (tertiary/aromatic N) is 3. The maximum atomic E-state index is 12.0. The summed E-state index contributed by atoms with van der Waals surface area (Å²) in [6, 6.07) is 16.3. The first-order chi connectivity index (χ1) is 14.2. The standard InChI is InChI=1S/C23H29N3O3/c1-28-21-10-9-20(26-11-5-8-23(26)27)18-22(21)29-17-16-24-12-14-25(15-13-24)19-6-3-2-4-7-19/h2-4,6-7,9-10,18H,5,8,11-17H2,1H3. The van der Waals surface area contributed by atoms with Crippen molar-refractivity contribution in [3.8, 4) is 11.5 Å². The lowest BCUT2D eigenvalue weighted by Gasteiger charge is -2.36. The Labute approximate surface area is 172 Å². The molecule has 1 amide bonds. The minimum atomic E-state index is 0.178. The van der Waals surface area contributed by atoms with Crippen LogP contribution < -0.4 is 19.3 Å². The molecule has 2 aliphatic rings. The van der Waals surface area contributed by atoms with Gasteiger partial charge in [0.25, 0.3) is 0 Å². The minimum absolute atomic E-state index is 0.178. The van der Waals surface area contributed by atoms with Crippen LogP contribution in [-0.2, 0) is 4.79 Å². The van der Waals surface area contributed by atoms with Crippen LogP contribution in [0.4, 0.5) is 11.4 Å². The molecule has 6 heteroatoms. The molecule has 2 aromatic carbocycles. The van der Waals surface area contributed by atoms with Gasteiger partial charge < -0.3 is 19.3 Å². The number of benzene rings is 2. The van der Waals surface area contributed by atoms with Crippen LogP contribution in [-0.4, -0.2) is 63.8 Å². The van der Waals surface area contributed by atoms with Gasteiger partial charge in [0.1, 0.15) is 6.61 Å². The highest BCUT2D eigenvalue weighted by Crippen LogP contribution is 2.33. The number of anilines is 2. The summed E-state index contributed by atoms with van der Waals surface area (Å²) in [7, 11) is 1.64. The number of carbonyl (C=O) groups excluding carboxylic acids is 1. The van der Waals surface area contributed by atoms with Gasteiger partial charge in [0, 0.05) is 63.1 Å². The van der Waals surface area contributed by atoms with Gasteiger partial charge in [-0.1, -0.05) is 18.2 Å². The lowest BCUT2D eigenvalue weighted by atomic mass is 10.2. The van der Waals surface area contributed by atoms with Crippen molar-refractivity contribution in [3.63, 3.8) is 0 Å². The fourth-order valence-corrected chi connectivity index (χ4v) is 4.02. The molecule has 2 aliphatic heterocycles. The second kappa shape index (κ2) is 9.18. The molecule has 154 valence electrons. The van der Waals surface area contributed by atoms with E-state index in [1.54, 1.807) is 7.11 Å². The number of carbonyl (C=O) groups is 1. The summed E-state index contributed by atoms with van der Waals surface area (Å²) >= 11 is 0. The average Bonchev–Trinajstić information content (AvgIpc) is 3.20. The average molecular weight is 396 g/mol. The number of piperazine rings is 1. The van der Waals surface area contributed by atoms with Crippen molar-refractivity contribution in [1.29, 1.82) is 0 Å². The number of ether oxygens (including phenoxy) is 2. The highest BCUT2D eigenvalue weighted by atomic mass is 16.5. The molecule has 2 fully saturated rings. The molecule has 4 rings (SSSR count). The van der Waals surface area contributed by atoms with Crippen LogP contribution >= 0.6 is 0 Å². The molecule has 0 aliphatic carbocycles.